The number of ether oxygens (including phenoxy) is 4. The third-order valence-electron chi connectivity index (χ3n) is 4.82. The molecule has 0 aliphatic rings. The fourth-order valence-electron chi connectivity index (χ4n) is 3.19. The molecule has 0 saturated carbocycles. The van der Waals surface area contributed by atoms with Crippen LogP contribution in [0.2, 0.25) is 0 Å². The second-order valence-electron chi connectivity index (χ2n) is 7.22. The van der Waals surface area contributed by atoms with E-state index in [9.17, 15) is 9.59 Å². The number of carbonyl (C=O) groups is 2. The average Bonchev–Trinajstić information content (AvgIpc) is 2.82. The van der Waals surface area contributed by atoms with E-state index in [-0.39, 0.29) is 12.2 Å². The summed E-state index contributed by atoms with van der Waals surface area (Å²) in [4.78, 5) is 23.9. The maximum absolute atomic E-state index is 12.6. The fourth-order valence-corrected chi connectivity index (χ4v) is 3.19. The minimum Gasteiger partial charge on any atom is -0.497 e. The summed E-state index contributed by atoms with van der Waals surface area (Å²) < 4.78 is 21.5. The molecule has 170 valence electrons. The Labute approximate surface area is 193 Å². The van der Waals surface area contributed by atoms with Gasteiger partial charge in [-0.15, -0.1) is 0 Å². The summed E-state index contributed by atoms with van der Waals surface area (Å²) in [6.07, 6.45) is 3.43. The Hall–Kier alpha value is -4.06. The molecule has 6 nitrogen and oxygen atoms in total. The molecule has 0 radical (unpaired) electrons. The van der Waals surface area contributed by atoms with Gasteiger partial charge in [-0.1, -0.05) is 42.5 Å². The van der Waals surface area contributed by atoms with E-state index < -0.39 is 5.97 Å². The SMILES string of the molecule is COc1cccc(OCc2ccccc2CC(=O)/C=C/c2ccc(OC)c(OC(C)=O)c2)c1. The lowest BCUT2D eigenvalue weighted by Crippen LogP contribution is -2.05. The molecule has 0 unspecified atom stereocenters. The summed E-state index contributed by atoms with van der Waals surface area (Å²) in [7, 11) is 3.10. The topological polar surface area (TPSA) is 71.1 Å². The van der Waals surface area contributed by atoms with Gasteiger partial charge >= 0.3 is 5.97 Å². The van der Waals surface area contributed by atoms with Gasteiger partial charge in [-0.25, -0.2) is 0 Å². The fraction of sp³-hybridized carbons (Fsp3) is 0.185. The van der Waals surface area contributed by atoms with Crippen LogP contribution in [0, 0.1) is 0 Å². The van der Waals surface area contributed by atoms with Crippen LogP contribution in [0.3, 0.4) is 0 Å². The zero-order chi connectivity index (χ0) is 23.6. The second kappa shape index (κ2) is 11.5. The van der Waals surface area contributed by atoms with Gasteiger partial charge in [-0.3, -0.25) is 9.59 Å². The Kier molecular flexibility index (Phi) is 8.24. The van der Waals surface area contributed by atoms with Crippen molar-refractivity contribution in [3.63, 3.8) is 0 Å². The van der Waals surface area contributed by atoms with Gasteiger partial charge in [0.15, 0.2) is 17.3 Å². The van der Waals surface area contributed by atoms with E-state index in [2.05, 4.69) is 0 Å². The minimum absolute atomic E-state index is 0.0614. The van der Waals surface area contributed by atoms with Crippen molar-refractivity contribution >= 4 is 17.8 Å². The van der Waals surface area contributed by atoms with Crippen molar-refractivity contribution in [1.82, 2.24) is 0 Å². The van der Waals surface area contributed by atoms with Crippen molar-refractivity contribution in [1.29, 1.82) is 0 Å². The van der Waals surface area contributed by atoms with E-state index >= 15 is 0 Å². The predicted octanol–water partition coefficient (Wildman–Crippen LogP) is 5.03. The van der Waals surface area contributed by atoms with Crippen LogP contribution in [-0.2, 0) is 22.6 Å². The van der Waals surface area contributed by atoms with Gasteiger partial charge in [0, 0.05) is 19.4 Å². The van der Waals surface area contributed by atoms with E-state index in [1.807, 2.05) is 48.5 Å². The van der Waals surface area contributed by atoms with Gasteiger partial charge in [-0.2, -0.15) is 0 Å². The number of ketones is 1. The summed E-state index contributed by atoms with van der Waals surface area (Å²) >= 11 is 0. The second-order valence-corrected chi connectivity index (χ2v) is 7.22. The number of hydrogen-bond donors (Lipinski definition) is 0. The van der Waals surface area contributed by atoms with Crippen LogP contribution < -0.4 is 18.9 Å². The maximum Gasteiger partial charge on any atom is 0.308 e. The number of allylic oxidation sites excluding steroid dienone is 1. The first kappa shape index (κ1) is 23.6. The molecule has 0 spiro atoms. The zero-order valence-electron chi connectivity index (χ0n) is 18.9. The van der Waals surface area contributed by atoms with Gasteiger partial charge in [0.05, 0.1) is 14.2 Å². The van der Waals surface area contributed by atoms with Gasteiger partial charge in [-0.05, 0) is 47.0 Å². The highest BCUT2D eigenvalue weighted by Crippen LogP contribution is 2.28. The third-order valence-corrected chi connectivity index (χ3v) is 4.82. The Morgan fingerprint density at radius 2 is 1.58 bits per heavy atom. The van der Waals surface area contributed by atoms with Crippen LogP contribution >= 0.6 is 0 Å². The molecule has 0 atom stereocenters. The van der Waals surface area contributed by atoms with Gasteiger partial charge in [0.2, 0.25) is 0 Å². The lowest BCUT2D eigenvalue weighted by Gasteiger charge is -2.11. The Morgan fingerprint density at radius 3 is 2.30 bits per heavy atom. The largest absolute Gasteiger partial charge is 0.497 e. The molecule has 6 heteroatoms. The molecule has 33 heavy (non-hydrogen) atoms. The molecule has 0 bridgehead atoms. The average molecular weight is 446 g/mol. The van der Waals surface area contributed by atoms with Gasteiger partial charge < -0.3 is 18.9 Å². The van der Waals surface area contributed by atoms with Crippen molar-refractivity contribution < 1.29 is 28.5 Å². The molecule has 0 aliphatic carbocycles. The summed E-state index contributed by atoms with van der Waals surface area (Å²) in [5.41, 5.74) is 2.55. The summed E-state index contributed by atoms with van der Waals surface area (Å²) in [6.45, 7) is 1.66. The van der Waals surface area contributed by atoms with Crippen molar-refractivity contribution in [2.75, 3.05) is 14.2 Å². The molecule has 0 fully saturated rings. The number of carbonyl (C=O) groups excluding carboxylic acids is 2. The molecule has 0 aromatic heterocycles. The Balaban J connectivity index is 1.67. The molecule has 3 aromatic carbocycles. The first-order valence-electron chi connectivity index (χ1n) is 10.4. The zero-order valence-corrected chi connectivity index (χ0v) is 18.9. The summed E-state index contributed by atoms with van der Waals surface area (Å²) in [5, 5.41) is 0. The quantitative estimate of drug-likeness (QED) is 0.247. The van der Waals surface area contributed by atoms with E-state index in [0.29, 0.717) is 23.9 Å². The van der Waals surface area contributed by atoms with Crippen molar-refractivity contribution in [3.8, 4) is 23.0 Å². The number of methoxy groups -OCH3 is 2. The van der Waals surface area contributed by atoms with E-state index in [4.69, 9.17) is 18.9 Å². The molecule has 3 aromatic rings. The molecular formula is C27H26O6. The maximum atomic E-state index is 12.6. The van der Waals surface area contributed by atoms with Crippen LogP contribution in [0.5, 0.6) is 23.0 Å². The van der Waals surface area contributed by atoms with E-state index in [0.717, 1.165) is 22.4 Å². The van der Waals surface area contributed by atoms with Gasteiger partial charge in [0.25, 0.3) is 0 Å². The molecular weight excluding hydrogens is 420 g/mol. The predicted molar refractivity (Wildman–Crippen MR) is 126 cm³/mol. The van der Waals surface area contributed by atoms with Crippen molar-refractivity contribution in [3.05, 3.63) is 89.5 Å². The van der Waals surface area contributed by atoms with Crippen LogP contribution in [0.1, 0.15) is 23.6 Å². The highest BCUT2D eigenvalue weighted by atomic mass is 16.6. The Bertz CT molecular complexity index is 1150. The lowest BCUT2D eigenvalue weighted by molar-refractivity contribution is -0.132. The third kappa shape index (κ3) is 6.97. The van der Waals surface area contributed by atoms with Crippen LogP contribution in [0.4, 0.5) is 0 Å². The van der Waals surface area contributed by atoms with Crippen LogP contribution in [0.15, 0.2) is 72.8 Å². The van der Waals surface area contributed by atoms with Crippen molar-refractivity contribution in [2.45, 2.75) is 20.0 Å². The Morgan fingerprint density at radius 1 is 0.818 bits per heavy atom. The molecule has 0 heterocycles. The summed E-state index contributed by atoms with van der Waals surface area (Å²) in [5.74, 6) is 1.65. The highest BCUT2D eigenvalue weighted by Gasteiger charge is 2.09. The van der Waals surface area contributed by atoms with Crippen LogP contribution in [-0.4, -0.2) is 26.0 Å². The lowest BCUT2D eigenvalue weighted by atomic mass is 10.0. The minimum atomic E-state index is -0.446. The smallest absolute Gasteiger partial charge is 0.308 e. The number of benzene rings is 3. The van der Waals surface area contributed by atoms with Crippen LogP contribution in [0.25, 0.3) is 6.08 Å². The molecule has 0 saturated heterocycles. The molecule has 3 rings (SSSR count). The van der Waals surface area contributed by atoms with Crippen molar-refractivity contribution in [2.24, 2.45) is 0 Å². The number of hydrogen-bond acceptors (Lipinski definition) is 6. The van der Waals surface area contributed by atoms with E-state index in [1.54, 1.807) is 31.4 Å². The van der Waals surface area contributed by atoms with E-state index in [1.165, 1.54) is 20.1 Å². The molecule has 0 N–H and O–H groups in total. The first-order chi connectivity index (χ1) is 16.0. The normalized spacial score (nSPS) is 10.6. The highest BCUT2D eigenvalue weighted by molar-refractivity contribution is 5.95. The number of rotatable bonds is 10. The monoisotopic (exact) mass is 446 g/mol. The van der Waals surface area contributed by atoms with Gasteiger partial charge in [0.1, 0.15) is 18.1 Å². The summed E-state index contributed by atoms with van der Waals surface area (Å²) in [6, 6.07) is 20.2. The molecule has 0 amide bonds. The molecule has 0 aliphatic heterocycles. The standard InChI is InChI=1S/C27H26O6/c1-19(28)33-27-15-20(12-14-26(27)31-3)11-13-23(29)16-21-7-4-5-8-22(21)18-32-25-10-6-9-24(17-25)30-2/h4-15,17H,16,18H2,1-3H3/b13-11+. The number of esters is 1. The first-order valence-corrected chi connectivity index (χ1v) is 10.4.